The zero-order valence-electron chi connectivity index (χ0n) is 14.5. The molecule has 0 radical (unpaired) electrons. The lowest BCUT2D eigenvalue weighted by Crippen LogP contribution is -2.45. The van der Waals surface area contributed by atoms with Crippen LogP contribution in [0.4, 0.5) is 4.79 Å². The van der Waals surface area contributed by atoms with Crippen LogP contribution < -0.4 is 10.6 Å². The Morgan fingerprint density at radius 3 is 2.71 bits per heavy atom. The van der Waals surface area contributed by atoms with Crippen LogP contribution in [0.3, 0.4) is 0 Å². The van der Waals surface area contributed by atoms with E-state index in [1.165, 1.54) is 0 Å². The number of nitrogens with zero attached hydrogens (tertiary/aromatic N) is 3. The summed E-state index contributed by atoms with van der Waals surface area (Å²) in [5.74, 6) is 0.185. The maximum Gasteiger partial charge on any atom is 0.315 e. The molecule has 2 aromatic heterocycles. The number of urea groups is 1. The lowest BCUT2D eigenvalue weighted by atomic mass is 9.99. The van der Waals surface area contributed by atoms with Crippen LogP contribution in [0.2, 0.25) is 0 Å². The predicted molar refractivity (Wildman–Crippen MR) is 91.1 cm³/mol. The highest BCUT2D eigenvalue weighted by Gasteiger charge is 2.26. The number of amides is 2. The van der Waals surface area contributed by atoms with Crippen LogP contribution in [0.15, 0.2) is 36.8 Å². The average molecular weight is 331 g/mol. The molecule has 2 aromatic rings. The Balaban J connectivity index is 1.96. The smallest absolute Gasteiger partial charge is 0.315 e. The van der Waals surface area contributed by atoms with Gasteiger partial charge in [0.2, 0.25) is 0 Å². The van der Waals surface area contributed by atoms with E-state index in [4.69, 9.17) is 0 Å². The van der Waals surface area contributed by atoms with Crippen LogP contribution in [-0.4, -0.2) is 32.4 Å². The van der Waals surface area contributed by atoms with E-state index >= 15 is 0 Å². The van der Waals surface area contributed by atoms with Crippen molar-refractivity contribution >= 4 is 6.03 Å². The first-order valence-corrected chi connectivity index (χ1v) is 7.96. The van der Waals surface area contributed by atoms with E-state index < -0.39 is 5.60 Å². The van der Waals surface area contributed by atoms with Crippen LogP contribution in [0, 0.1) is 5.92 Å². The average Bonchev–Trinajstić information content (AvgIpc) is 2.99. The monoisotopic (exact) mass is 331 g/mol. The standard InChI is InChI=1S/C17H25N5O2/c1-12(2)15(14-7-5-6-8-18-14)21-16(23)19-11-17(3,24)13-9-20-22(4)10-13/h5-10,12,15,24H,11H2,1-4H3,(H2,19,21,23)/t15-,17-/m1/s1. The first-order chi connectivity index (χ1) is 11.3. The minimum absolute atomic E-state index is 0.0809. The number of aryl methyl sites for hydroxylation is 1. The summed E-state index contributed by atoms with van der Waals surface area (Å²) < 4.78 is 1.61. The predicted octanol–water partition coefficient (Wildman–Crippen LogP) is 1.72. The maximum absolute atomic E-state index is 12.2. The van der Waals surface area contributed by atoms with E-state index in [1.54, 1.807) is 37.2 Å². The van der Waals surface area contributed by atoms with Crippen molar-refractivity contribution in [3.8, 4) is 0 Å². The van der Waals surface area contributed by atoms with Crippen molar-refractivity contribution in [2.45, 2.75) is 32.4 Å². The molecule has 2 amide bonds. The van der Waals surface area contributed by atoms with Gasteiger partial charge in [0.25, 0.3) is 0 Å². The summed E-state index contributed by atoms with van der Waals surface area (Å²) in [5.41, 5.74) is 0.265. The molecular formula is C17H25N5O2. The number of hydrogen-bond acceptors (Lipinski definition) is 4. The fraction of sp³-hybridized carbons (Fsp3) is 0.471. The van der Waals surface area contributed by atoms with Crippen molar-refractivity contribution < 1.29 is 9.90 Å². The van der Waals surface area contributed by atoms with Gasteiger partial charge in [0, 0.05) is 25.0 Å². The van der Waals surface area contributed by atoms with E-state index in [-0.39, 0.29) is 24.5 Å². The Bertz CT molecular complexity index is 667. The molecule has 24 heavy (non-hydrogen) atoms. The van der Waals surface area contributed by atoms with Gasteiger partial charge in [-0.05, 0) is 25.0 Å². The second-order valence-corrected chi connectivity index (χ2v) is 6.48. The topological polar surface area (TPSA) is 92.1 Å². The molecule has 7 heteroatoms. The molecule has 130 valence electrons. The van der Waals surface area contributed by atoms with Gasteiger partial charge in [-0.2, -0.15) is 5.10 Å². The third-order valence-electron chi connectivity index (χ3n) is 3.88. The highest BCUT2D eigenvalue weighted by atomic mass is 16.3. The van der Waals surface area contributed by atoms with E-state index in [2.05, 4.69) is 20.7 Å². The molecule has 0 spiro atoms. The SMILES string of the molecule is CC(C)[C@@H](NC(=O)NC[C@@](C)(O)c1cnn(C)c1)c1ccccn1. The van der Waals surface area contributed by atoms with Crippen molar-refractivity contribution in [2.75, 3.05) is 6.54 Å². The highest BCUT2D eigenvalue weighted by Crippen LogP contribution is 2.20. The number of pyridine rings is 1. The van der Waals surface area contributed by atoms with Gasteiger partial charge in [0.05, 0.1) is 24.5 Å². The van der Waals surface area contributed by atoms with Crippen molar-refractivity contribution in [3.63, 3.8) is 0 Å². The first-order valence-electron chi connectivity index (χ1n) is 7.96. The van der Waals surface area contributed by atoms with Gasteiger partial charge in [-0.15, -0.1) is 0 Å². The summed E-state index contributed by atoms with van der Waals surface area (Å²) >= 11 is 0. The van der Waals surface area contributed by atoms with Crippen molar-refractivity contribution in [2.24, 2.45) is 13.0 Å². The molecule has 2 atom stereocenters. The molecule has 2 rings (SSSR count). The normalized spacial score (nSPS) is 14.9. The van der Waals surface area contributed by atoms with Crippen molar-refractivity contribution in [3.05, 3.63) is 48.0 Å². The summed E-state index contributed by atoms with van der Waals surface area (Å²) in [7, 11) is 1.78. The Morgan fingerprint density at radius 1 is 1.42 bits per heavy atom. The van der Waals surface area contributed by atoms with Gasteiger partial charge < -0.3 is 15.7 Å². The fourth-order valence-electron chi connectivity index (χ4n) is 2.39. The molecule has 0 saturated carbocycles. The molecule has 2 heterocycles. The Labute approximate surface area is 142 Å². The molecule has 0 saturated heterocycles. The molecule has 7 nitrogen and oxygen atoms in total. The Hall–Kier alpha value is -2.41. The molecule has 0 aliphatic heterocycles. The largest absolute Gasteiger partial charge is 0.383 e. The summed E-state index contributed by atoms with van der Waals surface area (Å²) in [6.07, 6.45) is 5.02. The minimum Gasteiger partial charge on any atom is -0.383 e. The minimum atomic E-state index is -1.19. The molecule has 0 fully saturated rings. The first kappa shape index (κ1) is 17.9. The third-order valence-corrected chi connectivity index (χ3v) is 3.88. The van der Waals surface area contributed by atoms with Crippen LogP contribution in [0.25, 0.3) is 0 Å². The zero-order chi connectivity index (χ0) is 17.7. The number of nitrogens with one attached hydrogen (secondary N) is 2. The molecule has 0 aromatic carbocycles. The van der Waals surface area contributed by atoms with Crippen LogP contribution in [0.1, 0.15) is 38.1 Å². The van der Waals surface area contributed by atoms with Crippen LogP contribution in [-0.2, 0) is 12.6 Å². The maximum atomic E-state index is 12.2. The molecule has 0 aliphatic rings. The van der Waals surface area contributed by atoms with E-state index in [0.29, 0.717) is 5.56 Å². The van der Waals surface area contributed by atoms with Gasteiger partial charge in [-0.25, -0.2) is 4.79 Å². The summed E-state index contributed by atoms with van der Waals surface area (Å²) in [5, 5.41) is 20.2. The van der Waals surface area contributed by atoms with Gasteiger partial charge in [-0.3, -0.25) is 9.67 Å². The number of aliphatic hydroxyl groups is 1. The number of carbonyl (C=O) groups excluding carboxylic acids is 1. The number of carbonyl (C=O) groups is 1. The summed E-state index contributed by atoms with van der Waals surface area (Å²) in [6, 6.07) is 5.07. The van der Waals surface area contributed by atoms with Crippen molar-refractivity contribution in [1.82, 2.24) is 25.4 Å². The van der Waals surface area contributed by atoms with Gasteiger partial charge >= 0.3 is 6.03 Å². The second kappa shape index (κ2) is 7.44. The van der Waals surface area contributed by atoms with Gasteiger partial charge in [0.15, 0.2) is 0 Å². The molecule has 3 N–H and O–H groups in total. The quantitative estimate of drug-likeness (QED) is 0.751. The number of aromatic nitrogens is 3. The summed E-state index contributed by atoms with van der Waals surface area (Å²) in [6.45, 7) is 5.76. The number of hydrogen-bond donors (Lipinski definition) is 3. The van der Waals surface area contributed by atoms with E-state index in [9.17, 15) is 9.90 Å². The zero-order valence-corrected chi connectivity index (χ0v) is 14.5. The number of rotatable bonds is 6. The van der Waals surface area contributed by atoms with Crippen molar-refractivity contribution in [1.29, 1.82) is 0 Å². The van der Waals surface area contributed by atoms with Crippen LogP contribution in [0.5, 0.6) is 0 Å². The lowest BCUT2D eigenvalue weighted by Gasteiger charge is -2.25. The molecule has 0 unspecified atom stereocenters. The third kappa shape index (κ3) is 4.55. The van der Waals surface area contributed by atoms with Gasteiger partial charge in [0.1, 0.15) is 5.60 Å². The van der Waals surface area contributed by atoms with Crippen LogP contribution >= 0.6 is 0 Å². The van der Waals surface area contributed by atoms with Gasteiger partial charge in [-0.1, -0.05) is 19.9 Å². The van der Waals surface area contributed by atoms with E-state index in [0.717, 1.165) is 5.69 Å². The second-order valence-electron chi connectivity index (χ2n) is 6.48. The summed E-state index contributed by atoms with van der Waals surface area (Å²) in [4.78, 5) is 16.5. The molecular weight excluding hydrogens is 306 g/mol. The molecule has 0 aliphatic carbocycles. The fourth-order valence-corrected chi connectivity index (χ4v) is 2.39. The lowest BCUT2D eigenvalue weighted by molar-refractivity contribution is 0.0591. The van der Waals surface area contributed by atoms with E-state index in [1.807, 2.05) is 32.0 Å². The highest BCUT2D eigenvalue weighted by molar-refractivity contribution is 5.74. The Kier molecular flexibility index (Phi) is 5.56. The Morgan fingerprint density at radius 2 is 2.17 bits per heavy atom. The molecule has 0 bridgehead atoms.